The zero-order chi connectivity index (χ0) is 35.5. The molecule has 1 N–H and O–H groups in total. The number of amides is 4. The van der Waals surface area contributed by atoms with Crippen molar-refractivity contribution in [3.05, 3.63) is 47.5 Å². The Bertz CT molecular complexity index is 1560. The molecule has 0 unspecified atom stereocenters. The second kappa shape index (κ2) is 15.0. The quantitative estimate of drug-likeness (QED) is 0.298. The minimum absolute atomic E-state index is 0.0291. The molecule has 0 aromatic heterocycles. The first-order valence-electron chi connectivity index (χ1n) is 17.0. The number of rotatable bonds is 14. The van der Waals surface area contributed by atoms with Gasteiger partial charge in [-0.15, -0.1) is 0 Å². The second-order valence-corrected chi connectivity index (χ2v) is 14.2. The van der Waals surface area contributed by atoms with Gasteiger partial charge in [-0.3, -0.25) is 24.2 Å². The van der Waals surface area contributed by atoms with Crippen molar-refractivity contribution in [2.75, 3.05) is 79.7 Å². The number of nitrogens with zero attached hydrogens (tertiary/aromatic N) is 5. The molecule has 3 aliphatic rings. The lowest BCUT2D eigenvalue weighted by atomic mass is 9.84. The van der Waals surface area contributed by atoms with Crippen LogP contribution in [-0.2, 0) is 20.9 Å². The van der Waals surface area contributed by atoms with Gasteiger partial charge in [-0.25, -0.2) is 4.79 Å². The van der Waals surface area contributed by atoms with Gasteiger partial charge < -0.3 is 33.6 Å². The van der Waals surface area contributed by atoms with Gasteiger partial charge in [0.2, 0.25) is 24.4 Å². The van der Waals surface area contributed by atoms with Crippen LogP contribution >= 0.6 is 0 Å². The van der Waals surface area contributed by atoms with Crippen LogP contribution in [0.15, 0.2) is 36.4 Å². The number of hydrogen-bond donors (Lipinski definition) is 1. The highest BCUT2D eigenvalue weighted by atomic mass is 16.7. The van der Waals surface area contributed by atoms with Gasteiger partial charge in [0.15, 0.2) is 11.5 Å². The number of hydrogen-bond acceptors (Lipinski definition) is 8. The second-order valence-electron chi connectivity index (χ2n) is 14.2. The summed E-state index contributed by atoms with van der Waals surface area (Å²) in [5.74, 6) is -1.56. The van der Waals surface area contributed by atoms with Crippen LogP contribution in [-0.4, -0.2) is 129 Å². The zero-order valence-corrected chi connectivity index (χ0v) is 29.5. The molecule has 13 nitrogen and oxygen atoms in total. The van der Waals surface area contributed by atoms with E-state index in [0.717, 1.165) is 35.1 Å². The number of methoxy groups -OCH3 is 1. The standard InChI is InChI=1S/C36H49N5O8/c1-7-8-14-39(26-11-9-10-24(17-26)22-41(3,4)5)32(43)21-38-20-27(25-18-29(47-6)34-30(19-25)48-23-49-34)33(35(44)45)28(38)12-16-40-31(42)13-15-37(2)36(40)46/h9-11,17-19,27-28,33H,7-8,12-16,20-23H2,1-6H3/p+1/t27-,28+,33-/m1/s1. The molecular formula is C36H50N5O8+. The van der Waals surface area contributed by atoms with E-state index in [9.17, 15) is 24.3 Å². The van der Waals surface area contributed by atoms with E-state index >= 15 is 0 Å². The largest absolute Gasteiger partial charge is 0.493 e. The van der Waals surface area contributed by atoms with E-state index in [1.54, 1.807) is 24.1 Å². The topological polar surface area (TPSA) is 129 Å². The number of ether oxygens (including phenoxy) is 3. The summed E-state index contributed by atoms with van der Waals surface area (Å²) in [4.78, 5) is 59.6. The van der Waals surface area contributed by atoms with Crippen molar-refractivity contribution in [2.24, 2.45) is 5.92 Å². The molecule has 2 saturated heterocycles. The van der Waals surface area contributed by atoms with Gasteiger partial charge in [0.05, 0.1) is 40.7 Å². The fraction of sp³-hybridized carbons (Fsp3) is 0.556. The van der Waals surface area contributed by atoms with Crippen molar-refractivity contribution < 1.29 is 43.0 Å². The Labute approximate surface area is 288 Å². The Morgan fingerprint density at radius 1 is 1.12 bits per heavy atom. The molecule has 49 heavy (non-hydrogen) atoms. The van der Waals surface area contributed by atoms with Crippen molar-refractivity contribution in [3.63, 3.8) is 0 Å². The van der Waals surface area contributed by atoms with Gasteiger partial charge in [0.25, 0.3) is 0 Å². The van der Waals surface area contributed by atoms with E-state index in [0.29, 0.717) is 35.9 Å². The summed E-state index contributed by atoms with van der Waals surface area (Å²) in [5.41, 5.74) is 2.61. The average molecular weight is 681 g/mol. The maximum absolute atomic E-state index is 14.3. The van der Waals surface area contributed by atoms with Crippen molar-refractivity contribution in [2.45, 2.75) is 51.1 Å². The molecule has 2 fully saturated rings. The summed E-state index contributed by atoms with van der Waals surface area (Å²) >= 11 is 0. The van der Waals surface area contributed by atoms with E-state index in [2.05, 4.69) is 40.2 Å². The summed E-state index contributed by atoms with van der Waals surface area (Å²) in [5, 5.41) is 10.7. The predicted molar refractivity (Wildman–Crippen MR) is 183 cm³/mol. The normalized spacial score (nSPS) is 21.0. The van der Waals surface area contributed by atoms with Gasteiger partial charge >= 0.3 is 12.0 Å². The molecule has 0 saturated carbocycles. The molecule has 4 amide bonds. The Balaban J connectivity index is 1.48. The van der Waals surface area contributed by atoms with Crippen LogP contribution in [0, 0.1) is 5.92 Å². The van der Waals surface area contributed by atoms with Crippen LogP contribution in [0.1, 0.15) is 49.7 Å². The Kier molecular flexibility index (Phi) is 11.0. The summed E-state index contributed by atoms with van der Waals surface area (Å²) in [6.45, 7) is 4.05. The van der Waals surface area contributed by atoms with E-state index in [-0.39, 0.29) is 51.1 Å². The van der Waals surface area contributed by atoms with Crippen LogP contribution in [0.3, 0.4) is 0 Å². The average Bonchev–Trinajstić information content (AvgIpc) is 3.67. The summed E-state index contributed by atoms with van der Waals surface area (Å²) in [6, 6.07) is 10.5. The fourth-order valence-electron chi connectivity index (χ4n) is 7.19. The van der Waals surface area contributed by atoms with Crippen molar-refractivity contribution in [1.29, 1.82) is 0 Å². The first kappa shape index (κ1) is 35.9. The highest BCUT2D eigenvalue weighted by Gasteiger charge is 2.48. The van der Waals surface area contributed by atoms with Gasteiger partial charge in [0, 0.05) is 62.9 Å². The van der Waals surface area contributed by atoms with Crippen LogP contribution in [0.4, 0.5) is 10.5 Å². The lowest BCUT2D eigenvalue weighted by Crippen LogP contribution is -2.52. The van der Waals surface area contributed by atoms with Crippen LogP contribution in [0.25, 0.3) is 0 Å². The number of carboxylic acid groups (broad SMARTS) is 1. The first-order valence-corrected chi connectivity index (χ1v) is 17.0. The van der Waals surface area contributed by atoms with Crippen LogP contribution in [0.5, 0.6) is 17.2 Å². The number of fused-ring (bicyclic) bond motifs is 1. The number of carboxylic acids is 1. The molecular weight excluding hydrogens is 630 g/mol. The smallest absolute Gasteiger partial charge is 0.326 e. The van der Waals surface area contributed by atoms with Crippen molar-refractivity contribution in [1.82, 2.24) is 14.7 Å². The van der Waals surface area contributed by atoms with E-state index in [4.69, 9.17) is 14.2 Å². The maximum atomic E-state index is 14.3. The molecule has 2 aromatic rings. The Morgan fingerprint density at radius 2 is 1.90 bits per heavy atom. The lowest BCUT2D eigenvalue weighted by Gasteiger charge is -2.34. The third-order valence-corrected chi connectivity index (χ3v) is 9.56. The molecule has 0 radical (unpaired) electrons. The van der Waals surface area contributed by atoms with E-state index in [1.165, 1.54) is 16.9 Å². The third kappa shape index (κ3) is 8.10. The van der Waals surface area contributed by atoms with E-state index < -0.39 is 29.9 Å². The zero-order valence-electron chi connectivity index (χ0n) is 29.5. The molecule has 0 aliphatic carbocycles. The Morgan fingerprint density at radius 3 is 2.59 bits per heavy atom. The number of aliphatic carboxylic acids is 1. The molecule has 266 valence electrons. The molecule has 3 atom stereocenters. The van der Waals surface area contributed by atoms with Gasteiger partial charge in [-0.05, 0) is 42.7 Å². The first-order chi connectivity index (χ1) is 23.3. The molecule has 3 heterocycles. The molecule has 0 bridgehead atoms. The number of carbonyl (C=O) groups is 4. The SMILES string of the molecule is CCCCN(C(=O)CN1C[C@H](c2cc(OC)c3c(c2)OCO3)[C@@H](C(=O)O)[C@@H]1CCN1C(=O)CCN(C)C1=O)c1cccc(C[N+](C)(C)C)c1. The Hall–Kier alpha value is -4.36. The summed E-state index contributed by atoms with van der Waals surface area (Å²) in [7, 11) is 9.52. The maximum Gasteiger partial charge on any atom is 0.326 e. The molecule has 5 rings (SSSR count). The number of likely N-dealkylation sites (tertiary alicyclic amines) is 1. The number of anilines is 1. The fourth-order valence-corrected chi connectivity index (χ4v) is 7.19. The summed E-state index contributed by atoms with van der Waals surface area (Å²) in [6.07, 6.45) is 2.10. The van der Waals surface area contributed by atoms with Crippen molar-refractivity contribution >= 4 is 29.5 Å². The highest BCUT2D eigenvalue weighted by molar-refractivity contribution is 5.97. The van der Waals surface area contributed by atoms with Crippen LogP contribution in [0.2, 0.25) is 0 Å². The van der Waals surface area contributed by atoms with Crippen LogP contribution < -0.4 is 19.1 Å². The summed E-state index contributed by atoms with van der Waals surface area (Å²) < 4.78 is 17.6. The van der Waals surface area contributed by atoms with E-state index in [1.807, 2.05) is 17.0 Å². The highest BCUT2D eigenvalue weighted by Crippen LogP contribution is 2.47. The third-order valence-electron chi connectivity index (χ3n) is 9.56. The number of quaternary nitrogens is 1. The molecule has 13 heteroatoms. The molecule has 3 aliphatic heterocycles. The molecule has 2 aromatic carbocycles. The molecule has 0 spiro atoms. The van der Waals surface area contributed by atoms with Gasteiger partial charge in [-0.1, -0.05) is 25.5 Å². The van der Waals surface area contributed by atoms with Crippen molar-refractivity contribution in [3.8, 4) is 17.2 Å². The number of unbranched alkanes of at least 4 members (excludes halogenated alkanes) is 1. The number of imide groups is 1. The van der Waals surface area contributed by atoms with Gasteiger partial charge in [-0.2, -0.15) is 0 Å². The number of carbonyl (C=O) groups excluding carboxylic acids is 3. The minimum Gasteiger partial charge on any atom is -0.493 e. The lowest BCUT2D eigenvalue weighted by molar-refractivity contribution is -0.884. The number of urea groups is 1. The predicted octanol–water partition coefficient (Wildman–Crippen LogP) is 3.61. The van der Waals surface area contributed by atoms with Gasteiger partial charge in [0.1, 0.15) is 6.54 Å². The monoisotopic (exact) mass is 680 g/mol. The number of benzene rings is 2. The minimum atomic E-state index is -1.02.